The van der Waals surface area contributed by atoms with Crippen LogP contribution in [0, 0.1) is 5.82 Å². The van der Waals surface area contributed by atoms with Crippen LogP contribution in [0.1, 0.15) is 42.2 Å². The SMILES string of the molecule is O=C(NCCN1C(=O)SC(=Cc2ccccc2F)C1=O)c1cccc(CN2C(=O)c3ccccc3C2=O)c1. The number of hydrogen-bond donors (Lipinski definition) is 1. The van der Waals surface area contributed by atoms with Crippen LogP contribution in [-0.4, -0.2) is 51.8 Å². The molecule has 0 saturated carbocycles. The van der Waals surface area contributed by atoms with Crippen molar-refractivity contribution < 1.29 is 28.4 Å². The van der Waals surface area contributed by atoms with Crippen molar-refractivity contribution in [1.29, 1.82) is 0 Å². The molecule has 1 fully saturated rings. The van der Waals surface area contributed by atoms with E-state index in [2.05, 4.69) is 5.32 Å². The van der Waals surface area contributed by atoms with Gasteiger partial charge in [-0.25, -0.2) is 4.39 Å². The van der Waals surface area contributed by atoms with Gasteiger partial charge in [-0.15, -0.1) is 0 Å². The number of halogens is 1. The molecule has 1 N–H and O–H groups in total. The van der Waals surface area contributed by atoms with Crippen LogP contribution < -0.4 is 5.32 Å². The van der Waals surface area contributed by atoms with Crippen molar-refractivity contribution >= 4 is 46.7 Å². The van der Waals surface area contributed by atoms with Gasteiger partial charge in [0, 0.05) is 24.2 Å². The van der Waals surface area contributed by atoms with Gasteiger partial charge in [-0.05, 0) is 53.7 Å². The lowest BCUT2D eigenvalue weighted by Gasteiger charge is -2.15. The molecule has 2 aliphatic heterocycles. The van der Waals surface area contributed by atoms with E-state index in [1.807, 2.05) is 0 Å². The van der Waals surface area contributed by atoms with Crippen molar-refractivity contribution in [2.24, 2.45) is 0 Å². The molecule has 38 heavy (non-hydrogen) atoms. The first-order chi connectivity index (χ1) is 18.3. The highest BCUT2D eigenvalue weighted by Crippen LogP contribution is 2.32. The van der Waals surface area contributed by atoms with Gasteiger partial charge in [0.1, 0.15) is 5.82 Å². The summed E-state index contributed by atoms with van der Waals surface area (Å²) in [6.07, 6.45) is 1.33. The number of nitrogens with zero attached hydrogens (tertiary/aromatic N) is 2. The number of thioether (sulfide) groups is 1. The van der Waals surface area contributed by atoms with Crippen molar-refractivity contribution in [1.82, 2.24) is 15.1 Å². The number of fused-ring (bicyclic) bond motifs is 1. The Morgan fingerprint density at radius 3 is 2.24 bits per heavy atom. The Kier molecular flexibility index (Phi) is 6.89. The maximum absolute atomic E-state index is 13.9. The summed E-state index contributed by atoms with van der Waals surface area (Å²) in [6.45, 7) is -0.0369. The molecule has 8 nitrogen and oxygen atoms in total. The molecule has 10 heteroatoms. The third-order valence-corrected chi connectivity index (χ3v) is 7.00. The van der Waals surface area contributed by atoms with E-state index in [0.29, 0.717) is 34.0 Å². The van der Waals surface area contributed by atoms with Crippen LogP contribution in [-0.2, 0) is 11.3 Å². The van der Waals surface area contributed by atoms with Crippen molar-refractivity contribution in [3.8, 4) is 0 Å². The standard InChI is InChI=1S/C28H20FN3O5S/c29-22-11-4-1-7-18(22)15-23-27(36)31(28(37)38-23)13-12-30-24(33)19-8-5-6-17(14-19)16-32-25(34)20-9-2-3-10-21(20)26(32)35/h1-11,14-15H,12-13,16H2,(H,30,33). The first kappa shape index (κ1) is 25.1. The normalized spacial score (nSPS) is 16.0. The van der Waals surface area contributed by atoms with Gasteiger partial charge in [0.2, 0.25) is 0 Å². The Labute approximate surface area is 221 Å². The van der Waals surface area contributed by atoms with E-state index < -0.39 is 22.9 Å². The molecule has 5 rings (SSSR count). The Morgan fingerprint density at radius 2 is 1.53 bits per heavy atom. The largest absolute Gasteiger partial charge is 0.350 e. The molecule has 0 unspecified atom stereocenters. The molecule has 1 saturated heterocycles. The maximum atomic E-state index is 13.9. The van der Waals surface area contributed by atoms with E-state index >= 15 is 0 Å². The molecule has 0 bridgehead atoms. The smallest absolute Gasteiger partial charge is 0.293 e. The van der Waals surface area contributed by atoms with Crippen LogP contribution in [0.25, 0.3) is 6.08 Å². The zero-order valence-corrected chi connectivity index (χ0v) is 20.7. The van der Waals surface area contributed by atoms with E-state index in [4.69, 9.17) is 0 Å². The molecular weight excluding hydrogens is 509 g/mol. The highest BCUT2D eigenvalue weighted by Gasteiger charge is 2.36. The molecule has 5 amide bonds. The number of hydrogen-bond acceptors (Lipinski definition) is 6. The van der Waals surface area contributed by atoms with E-state index in [1.165, 1.54) is 24.3 Å². The Bertz CT molecular complexity index is 1500. The molecule has 0 spiro atoms. The number of carbonyl (C=O) groups excluding carboxylic acids is 5. The van der Waals surface area contributed by atoms with Gasteiger partial charge in [-0.1, -0.05) is 42.5 Å². The van der Waals surface area contributed by atoms with E-state index in [-0.39, 0.29) is 41.9 Å². The second-order valence-corrected chi connectivity index (χ2v) is 9.55. The van der Waals surface area contributed by atoms with Crippen LogP contribution in [0.15, 0.2) is 77.7 Å². The van der Waals surface area contributed by atoms with Crippen LogP contribution in [0.3, 0.4) is 0 Å². The molecule has 190 valence electrons. The number of benzene rings is 3. The topological polar surface area (TPSA) is 104 Å². The molecule has 3 aromatic carbocycles. The van der Waals surface area contributed by atoms with Crippen molar-refractivity contribution in [2.45, 2.75) is 6.54 Å². The van der Waals surface area contributed by atoms with Gasteiger partial charge in [-0.2, -0.15) is 0 Å². The average Bonchev–Trinajstić information content (AvgIpc) is 3.32. The molecular formula is C28H20FN3O5S. The van der Waals surface area contributed by atoms with Gasteiger partial charge >= 0.3 is 0 Å². The van der Waals surface area contributed by atoms with Crippen molar-refractivity contribution in [2.75, 3.05) is 13.1 Å². The summed E-state index contributed by atoms with van der Waals surface area (Å²) in [5, 5.41) is 2.17. The van der Waals surface area contributed by atoms with Gasteiger partial charge in [0.05, 0.1) is 22.6 Å². The predicted molar refractivity (Wildman–Crippen MR) is 138 cm³/mol. The molecule has 0 atom stereocenters. The first-order valence-electron chi connectivity index (χ1n) is 11.7. The average molecular weight is 530 g/mol. The number of nitrogens with one attached hydrogen (secondary N) is 1. The molecule has 0 aliphatic carbocycles. The third kappa shape index (κ3) is 4.85. The van der Waals surface area contributed by atoms with Crippen LogP contribution in [0.4, 0.5) is 9.18 Å². The summed E-state index contributed by atoms with van der Waals surface area (Å²) in [5.74, 6) is -2.27. The minimum atomic E-state index is -0.555. The summed E-state index contributed by atoms with van der Waals surface area (Å²) >= 11 is 0.713. The minimum Gasteiger partial charge on any atom is -0.350 e. The Morgan fingerprint density at radius 1 is 0.842 bits per heavy atom. The minimum absolute atomic E-state index is 0.00643. The molecule has 3 aromatic rings. The fraction of sp³-hybridized carbons (Fsp3) is 0.107. The second kappa shape index (κ2) is 10.4. The van der Waals surface area contributed by atoms with Crippen molar-refractivity contribution in [3.05, 3.63) is 111 Å². The lowest BCUT2D eigenvalue weighted by molar-refractivity contribution is -0.122. The lowest BCUT2D eigenvalue weighted by Crippen LogP contribution is -2.37. The zero-order chi connectivity index (χ0) is 26.8. The molecule has 0 radical (unpaired) electrons. The lowest BCUT2D eigenvalue weighted by atomic mass is 10.1. The summed E-state index contributed by atoms with van der Waals surface area (Å²) in [4.78, 5) is 65.2. The summed E-state index contributed by atoms with van der Waals surface area (Å²) < 4.78 is 13.9. The predicted octanol–water partition coefficient (Wildman–Crippen LogP) is 4.09. The molecule has 2 heterocycles. The fourth-order valence-electron chi connectivity index (χ4n) is 4.19. The first-order valence-corrected chi connectivity index (χ1v) is 12.5. The molecule has 2 aliphatic rings. The Balaban J connectivity index is 1.19. The number of rotatable bonds is 7. The molecule has 0 aromatic heterocycles. The van der Waals surface area contributed by atoms with Crippen LogP contribution in [0.5, 0.6) is 0 Å². The van der Waals surface area contributed by atoms with Gasteiger partial charge < -0.3 is 5.32 Å². The van der Waals surface area contributed by atoms with E-state index in [0.717, 1.165) is 9.80 Å². The van der Waals surface area contributed by atoms with E-state index in [9.17, 15) is 28.4 Å². The van der Waals surface area contributed by atoms with Gasteiger partial charge in [0.25, 0.3) is 28.9 Å². The highest BCUT2D eigenvalue weighted by molar-refractivity contribution is 8.18. The van der Waals surface area contributed by atoms with Crippen molar-refractivity contribution in [3.63, 3.8) is 0 Å². The highest BCUT2D eigenvalue weighted by atomic mass is 32.2. The van der Waals surface area contributed by atoms with Gasteiger partial charge in [-0.3, -0.25) is 33.8 Å². The summed E-state index contributed by atoms with van der Waals surface area (Å²) in [7, 11) is 0. The monoisotopic (exact) mass is 529 g/mol. The summed E-state index contributed by atoms with van der Waals surface area (Å²) in [5.41, 5.74) is 1.79. The Hall–Kier alpha value is -4.57. The van der Waals surface area contributed by atoms with Crippen LogP contribution in [0.2, 0.25) is 0 Å². The third-order valence-electron chi connectivity index (χ3n) is 6.09. The number of carbonyl (C=O) groups is 5. The number of imide groups is 2. The fourth-order valence-corrected chi connectivity index (χ4v) is 5.04. The van der Waals surface area contributed by atoms with E-state index in [1.54, 1.807) is 54.6 Å². The summed E-state index contributed by atoms with van der Waals surface area (Å²) in [6, 6.07) is 19.0. The van der Waals surface area contributed by atoms with Gasteiger partial charge in [0.15, 0.2) is 0 Å². The van der Waals surface area contributed by atoms with Crippen LogP contribution >= 0.6 is 11.8 Å². The second-order valence-electron chi connectivity index (χ2n) is 8.55. The maximum Gasteiger partial charge on any atom is 0.293 e. The quantitative estimate of drug-likeness (QED) is 0.365. The number of amides is 5. The zero-order valence-electron chi connectivity index (χ0n) is 19.8.